The Bertz CT molecular complexity index is 925. The van der Waals surface area contributed by atoms with Crippen LogP contribution in [0.25, 0.3) is 10.9 Å². The van der Waals surface area contributed by atoms with Gasteiger partial charge in [0.05, 0.1) is 12.1 Å². The van der Waals surface area contributed by atoms with Crippen LogP contribution in [0.3, 0.4) is 0 Å². The Morgan fingerprint density at radius 1 is 1.33 bits per heavy atom. The van der Waals surface area contributed by atoms with Gasteiger partial charge in [-0.1, -0.05) is 18.2 Å². The van der Waals surface area contributed by atoms with Crippen LogP contribution in [0.15, 0.2) is 24.3 Å². The summed E-state index contributed by atoms with van der Waals surface area (Å²) in [5.74, 6) is -1.33. The molecule has 0 bridgehead atoms. The first-order chi connectivity index (χ1) is 11.5. The van der Waals surface area contributed by atoms with Gasteiger partial charge >= 0.3 is 5.97 Å². The van der Waals surface area contributed by atoms with E-state index in [0.717, 1.165) is 22.2 Å². The molecule has 0 unspecified atom stereocenters. The van der Waals surface area contributed by atoms with Gasteiger partial charge in [-0.25, -0.2) is 4.79 Å². The molecule has 0 spiro atoms. The van der Waals surface area contributed by atoms with Crippen molar-refractivity contribution in [2.24, 2.45) is 0 Å². The number of hydrogen-bond acceptors (Lipinski definition) is 4. The van der Waals surface area contributed by atoms with Crippen LogP contribution in [-0.2, 0) is 6.54 Å². The van der Waals surface area contributed by atoms with Crippen molar-refractivity contribution in [1.82, 2.24) is 25.3 Å². The number of aromatic nitrogens is 4. The van der Waals surface area contributed by atoms with Gasteiger partial charge < -0.3 is 10.4 Å². The summed E-state index contributed by atoms with van der Waals surface area (Å²) < 4.78 is 1.55. The number of aryl methyl sites for hydroxylation is 2. The monoisotopic (exact) mass is 327 g/mol. The van der Waals surface area contributed by atoms with E-state index in [4.69, 9.17) is 5.11 Å². The Kier molecular flexibility index (Phi) is 4.03. The average Bonchev–Trinajstić information content (AvgIpc) is 3.12. The van der Waals surface area contributed by atoms with Gasteiger partial charge in [-0.15, -0.1) is 0 Å². The maximum atomic E-state index is 12.3. The van der Waals surface area contributed by atoms with Crippen molar-refractivity contribution in [2.75, 3.05) is 6.54 Å². The second-order valence-electron chi connectivity index (χ2n) is 5.52. The Morgan fingerprint density at radius 3 is 2.83 bits per heavy atom. The molecule has 2 heterocycles. The maximum Gasteiger partial charge on any atom is 0.356 e. The third-order valence-corrected chi connectivity index (χ3v) is 3.82. The van der Waals surface area contributed by atoms with Gasteiger partial charge in [0.1, 0.15) is 5.69 Å². The quantitative estimate of drug-likeness (QED) is 0.657. The van der Waals surface area contributed by atoms with Crippen molar-refractivity contribution >= 4 is 22.8 Å². The number of fused-ring (bicyclic) bond motifs is 1. The number of amides is 1. The number of carboxylic acid groups (broad SMARTS) is 1. The van der Waals surface area contributed by atoms with Crippen LogP contribution in [0.1, 0.15) is 32.2 Å². The Balaban J connectivity index is 1.67. The molecular formula is C16H17N5O3. The fraction of sp³-hybridized carbons (Fsp3) is 0.250. The molecule has 2 aromatic heterocycles. The van der Waals surface area contributed by atoms with Gasteiger partial charge in [0.15, 0.2) is 5.69 Å². The molecule has 3 rings (SSSR count). The predicted octanol–water partition coefficient (Wildman–Crippen LogP) is 1.50. The van der Waals surface area contributed by atoms with Crippen LogP contribution in [0.5, 0.6) is 0 Å². The highest BCUT2D eigenvalue weighted by molar-refractivity contribution is 6.05. The summed E-state index contributed by atoms with van der Waals surface area (Å²) in [6, 6.07) is 7.16. The normalized spacial score (nSPS) is 10.9. The molecule has 0 atom stereocenters. The van der Waals surface area contributed by atoms with Gasteiger partial charge in [-0.3, -0.25) is 14.6 Å². The van der Waals surface area contributed by atoms with Crippen LogP contribution < -0.4 is 5.32 Å². The second kappa shape index (κ2) is 6.15. The molecule has 0 fully saturated rings. The molecule has 0 aliphatic carbocycles. The summed E-state index contributed by atoms with van der Waals surface area (Å²) >= 11 is 0. The molecule has 3 N–H and O–H groups in total. The predicted molar refractivity (Wildman–Crippen MR) is 87.1 cm³/mol. The molecule has 24 heavy (non-hydrogen) atoms. The summed E-state index contributed by atoms with van der Waals surface area (Å²) in [6.07, 6.45) is 0. The van der Waals surface area contributed by atoms with Crippen molar-refractivity contribution in [3.63, 3.8) is 0 Å². The Hall–Kier alpha value is -3.16. The SMILES string of the molecule is Cc1cccc2c(C(=O)NCCn3nc(C(=O)O)cc3C)[nH]nc12. The standard InChI is InChI=1S/C16H17N5O3/c1-9-4-3-5-11-13(9)18-19-14(11)15(22)17-6-7-21-10(2)8-12(20-21)16(23)24/h3-5,8H,6-7H2,1-2H3,(H,17,22)(H,18,19)(H,23,24). The Morgan fingerprint density at radius 2 is 2.12 bits per heavy atom. The van der Waals surface area contributed by atoms with Crippen molar-refractivity contribution in [2.45, 2.75) is 20.4 Å². The van der Waals surface area contributed by atoms with Gasteiger partial charge in [0.2, 0.25) is 0 Å². The van der Waals surface area contributed by atoms with Crippen LogP contribution in [0.4, 0.5) is 0 Å². The van der Waals surface area contributed by atoms with E-state index < -0.39 is 5.97 Å². The first-order valence-electron chi connectivity index (χ1n) is 7.47. The average molecular weight is 327 g/mol. The number of carbonyl (C=O) groups is 2. The van der Waals surface area contributed by atoms with Crippen molar-refractivity contribution in [3.8, 4) is 0 Å². The first-order valence-corrected chi connectivity index (χ1v) is 7.47. The number of rotatable bonds is 5. The van der Waals surface area contributed by atoms with Crippen LogP contribution in [0, 0.1) is 13.8 Å². The number of benzene rings is 1. The lowest BCUT2D eigenvalue weighted by molar-refractivity contribution is 0.0689. The number of aromatic carboxylic acids is 1. The number of H-pyrrole nitrogens is 1. The lowest BCUT2D eigenvalue weighted by Gasteiger charge is -2.06. The van der Waals surface area contributed by atoms with Crippen LogP contribution >= 0.6 is 0 Å². The first kappa shape index (κ1) is 15.7. The zero-order chi connectivity index (χ0) is 17.3. The summed E-state index contributed by atoms with van der Waals surface area (Å²) in [7, 11) is 0. The molecule has 3 aromatic rings. The van der Waals surface area contributed by atoms with Gasteiger partial charge in [-0.2, -0.15) is 10.2 Å². The Labute approximate surface area is 137 Å². The third-order valence-electron chi connectivity index (χ3n) is 3.82. The number of para-hydroxylation sites is 1. The van der Waals surface area contributed by atoms with Crippen molar-refractivity contribution in [3.05, 3.63) is 46.9 Å². The molecule has 8 heteroatoms. The molecule has 8 nitrogen and oxygen atoms in total. The maximum absolute atomic E-state index is 12.3. The van der Waals surface area contributed by atoms with E-state index in [-0.39, 0.29) is 11.6 Å². The second-order valence-corrected chi connectivity index (χ2v) is 5.52. The molecule has 0 radical (unpaired) electrons. The highest BCUT2D eigenvalue weighted by atomic mass is 16.4. The molecule has 124 valence electrons. The minimum absolute atomic E-state index is 0.00568. The van der Waals surface area contributed by atoms with Crippen LogP contribution in [0.2, 0.25) is 0 Å². The smallest absolute Gasteiger partial charge is 0.356 e. The fourth-order valence-corrected chi connectivity index (χ4v) is 2.56. The van der Waals surface area contributed by atoms with Gasteiger partial charge in [0.25, 0.3) is 5.91 Å². The van der Waals surface area contributed by atoms with E-state index in [9.17, 15) is 9.59 Å². The largest absolute Gasteiger partial charge is 0.476 e. The third kappa shape index (κ3) is 2.85. The van der Waals surface area contributed by atoms with Crippen molar-refractivity contribution in [1.29, 1.82) is 0 Å². The van der Waals surface area contributed by atoms with Gasteiger partial charge in [0, 0.05) is 17.6 Å². The highest BCUT2D eigenvalue weighted by Crippen LogP contribution is 2.18. The lowest BCUT2D eigenvalue weighted by atomic mass is 10.1. The lowest BCUT2D eigenvalue weighted by Crippen LogP contribution is -2.28. The topological polar surface area (TPSA) is 113 Å². The van der Waals surface area contributed by atoms with Crippen molar-refractivity contribution < 1.29 is 14.7 Å². The summed E-state index contributed by atoms with van der Waals surface area (Å²) in [6.45, 7) is 4.42. The summed E-state index contributed by atoms with van der Waals surface area (Å²) in [4.78, 5) is 23.2. The van der Waals surface area contributed by atoms with E-state index in [2.05, 4.69) is 20.6 Å². The van der Waals surface area contributed by atoms with E-state index >= 15 is 0 Å². The molecule has 0 saturated carbocycles. The number of carboxylic acids is 1. The number of hydrogen-bond donors (Lipinski definition) is 3. The minimum Gasteiger partial charge on any atom is -0.476 e. The summed E-state index contributed by atoms with van der Waals surface area (Å²) in [5, 5.41) is 23.4. The van der Waals surface area contributed by atoms with Crippen LogP contribution in [-0.4, -0.2) is 43.5 Å². The van der Waals surface area contributed by atoms with Gasteiger partial charge in [-0.05, 0) is 25.5 Å². The number of nitrogens with zero attached hydrogens (tertiary/aromatic N) is 3. The minimum atomic E-state index is -1.07. The number of carbonyl (C=O) groups excluding carboxylic acids is 1. The number of aromatic amines is 1. The molecule has 0 aliphatic rings. The molecule has 0 saturated heterocycles. The molecule has 1 aromatic carbocycles. The zero-order valence-electron chi connectivity index (χ0n) is 13.3. The molecule has 0 aliphatic heterocycles. The summed E-state index contributed by atoms with van der Waals surface area (Å²) in [5.41, 5.74) is 2.91. The highest BCUT2D eigenvalue weighted by Gasteiger charge is 2.14. The van der Waals surface area contributed by atoms with E-state index in [0.29, 0.717) is 18.8 Å². The molecule has 1 amide bonds. The fourth-order valence-electron chi connectivity index (χ4n) is 2.56. The molecular weight excluding hydrogens is 310 g/mol. The number of nitrogens with one attached hydrogen (secondary N) is 2. The van der Waals surface area contributed by atoms with E-state index in [1.54, 1.807) is 11.6 Å². The zero-order valence-corrected chi connectivity index (χ0v) is 13.3. The van der Waals surface area contributed by atoms with E-state index in [1.165, 1.54) is 6.07 Å². The van der Waals surface area contributed by atoms with E-state index in [1.807, 2.05) is 25.1 Å².